The van der Waals surface area contributed by atoms with Gasteiger partial charge in [0.15, 0.2) is 0 Å². The summed E-state index contributed by atoms with van der Waals surface area (Å²) in [5, 5.41) is 0. The summed E-state index contributed by atoms with van der Waals surface area (Å²) in [5.74, 6) is 0. The molecule has 2 heteroatoms. The highest BCUT2D eigenvalue weighted by Gasteiger charge is 1.94. The molecule has 0 N–H and O–H groups in total. The minimum Gasteiger partial charge on any atom is -0.381 e. The molecule has 0 saturated carbocycles. The van der Waals surface area contributed by atoms with Crippen LogP contribution in [-0.4, -0.2) is 26.4 Å². The summed E-state index contributed by atoms with van der Waals surface area (Å²) in [6, 6.07) is 0. The Morgan fingerprint density at radius 2 is 1.15 bits per heavy atom. The minimum absolute atomic E-state index is 0.786. The van der Waals surface area contributed by atoms with Crippen molar-refractivity contribution < 1.29 is 9.47 Å². The van der Waals surface area contributed by atoms with Crippen LogP contribution in [0.1, 0.15) is 84.5 Å². The third-order valence-electron chi connectivity index (χ3n) is 3.49. The van der Waals surface area contributed by atoms with E-state index in [-0.39, 0.29) is 0 Å². The van der Waals surface area contributed by atoms with E-state index in [4.69, 9.17) is 9.47 Å². The van der Waals surface area contributed by atoms with Crippen molar-refractivity contribution in [2.24, 2.45) is 0 Å². The van der Waals surface area contributed by atoms with Gasteiger partial charge in [0.05, 0.1) is 0 Å². The Balaban J connectivity index is 2.89. The van der Waals surface area contributed by atoms with Gasteiger partial charge in [-0.25, -0.2) is 0 Å². The van der Waals surface area contributed by atoms with Gasteiger partial charge in [-0.2, -0.15) is 0 Å². The Bertz CT molecular complexity index is 141. The SMILES string of the molecule is CCCCCCCCOC[CH]CCOCCCCCC. The van der Waals surface area contributed by atoms with Crippen molar-refractivity contribution in [2.75, 3.05) is 26.4 Å². The monoisotopic (exact) mass is 285 g/mol. The van der Waals surface area contributed by atoms with Gasteiger partial charge in [0.25, 0.3) is 0 Å². The lowest BCUT2D eigenvalue weighted by Crippen LogP contribution is -2.02. The molecule has 0 spiro atoms. The van der Waals surface area contributed by atoms with Gasteiger partial charge in [0.1, 0.15) is 0 Å². The quantitative estimate of drug-likeness (QED) is 0.326. The third kappa shape index (κ3) is 17.9. The minimum atomic E-state index is 0.786. The molecular formula is C18H37O2. The van der Waals surface area contributed by atoms with Crippen LogP contribution >= 0.6 is 0 Å². The molecule has 0 aromatic heterocycles. The van der Waals surface area contributed by atoms with Crippen LogP contribution in [0, 0.1) is 6.42 Å². The first-order valence-corrected chi connectivity index (χ1v) is 8.89. The van der Waals surface area contributed by atoms with Crippen molar-refractivity contribution in [2.45, 2.75) is 84.5 Å². The van der Waals surface area contributed by atoms with Gasteiger partial charge in [-0.1, -0.05) is 65.2 Å². The van der Waals surface area contributed by atoms with Crippen molar-refractivity contribution >= 4 is 0 Å². The lowest BCUT2D eigenvalue weighted by atomic mass is 10.1. The largest absolute Gasteiger partial charge is 0.381 e. The average Bonchev–Trinajstić information content (AvgIpc) is 2.47. The zero-order valence-corrected chi connectivity index (χ0v) is 14.0. The molecule has 0 saturated heterocycles. The second-order valence-electron chi connectivity index (χ2n) is 5.59. The maximum absolute atomic E-state index is 5.59. The highest BCUT2D eigenvalue weighted by molar-refractivity contribution is 4.62. The molecule has 1 radical (unpaired) electrons. The third-order valence-corrected chi connectivity index (χ3v) is 3.49. The maximum atomic E-state index is 5.59. The molecule has 0 aromatic carbocycles. The van der Waals surface area contributed by atoms with Crippen molar-refractivity contribution in [1.82, 2.24) is 0 Å². The van der Waals surface area contributed by atoms with Crippen LogP contribution in [0.5, 0.6) is 0 Å². The van der Waals surface area contributed by atoms with Crippen LogP contribution in [0.15, 0.2) is 0 Å². The van der Waals surface area contributed by atoms with Gasteiger partial charge in [-0.3, -0.25) is 0 Å². The first-order valence-electron chi connectivity index (χ1n) is 8.89. The first kappa shape index (κ1) is 19.9. The number of unbranched alkanes of at least 4 members (excludes halogenated alkanes) is 9. The Hall–Kier alpha value is -0.0800. The van der Waals surface area contributed by atoms with Crippen molar-refractivity contribution in [3.63, 3.8) is 0 Å². The maximum Gasteiger partial charge on any atom is 0.0498 e. The molecule has 0 aliphatic carbocycles. The van der Waals surface area contributed by atoms with Crippen LogP contribution < -0.4 is 0 Å². The van der Waals surface area contributed by atoms with Gasteiger partial charge >= 0.3 is 0 Å². The molecular weight excluding hydrogens is 248 g/mol. The van der Waals surface area contributed by atoms with Crippen LogP contribution in [0.2, 0.25) is 0 Å². The molecule has 0 fully saturated rings. The smallest absolute Gasteiger partial charge is 0.0498 e. The summed E-state index contributed by atoms with van der Waals surface area (Å²) < 4.78 is 11.2. The van der Waals surface area contributed by atoms with Crippen molar-refractivity contribution in [3.8, 4) is 0 Å². The van der Waals surface area contributed by atoms with E-state index in [9.17, 15) is 0 Å². The lowest BCUT2D eigenvalue weighted by Gasteiger charge is -2.05. The molecule has 0 aliphatic rings. The van der Waals surface area contributed by atoms with Gasteiger partial charge < -0.3 is 9.47 Å². The van der Waals surface area contributed by atoms with Gasteiger partial charge in [-0.05, 0) is 25.7 Å². The van der Waals surface area contributed by atoms with Gasteiger partial charge in [0, 0.05) is 26.4 Å². The summed E-state index contributed by atoms with van der Waals surface area (Å²) in [4.78, 5) is 0. The van der Waals surface area contributed by atoms with Crippen molar-refractivity contribution in [1.29, 1.82) is 0 Å². The zero-order chi connectivity index (χ0) is 14.7. The molecule has 0 aliphatic heterocycles. The van der Waals surface area contributed by atoms with Crippen LogP contribution in [-0.2, 0) is 9.47 Å². The van der Waals surface area contributed by atoms with E-state index in [1.165, 1.54) is 64.2 Å². The molecule has 0 rings (SSSR count). The molecule has 0 aromatic rings. The molecule has 0 bridgehead atoms. The standard InChI is InChI=1S/C18H37O2/c1-3-5-7-9-10-12-16-20-18-14-13-17-19-15-11-8-6-4-2/h14H,3-13,15-18H2,1-2H3. The summed E-state index contributed by atoms with van der Waals surface area (Å²) in [7, 11) is 0. The van der Waals surface area contributed by atoms with Gasteiger partial charge in [0.2, 0.25) is 0 Å². The highest BCUT2D eigenvalue weighted by atomic mass is 16.5. The Labute approximate surface area is 127 Å². The molecule has 0 heterocycles. The number of hydrogen-bond acceptors (Lipinski definition) is 2. The Morgan fingerprint density at radius 3 is 1.85 bits per heavy atom. The average molecular weight is 285 g/mol. The second kappa shape index (κ2) is 18.9. The molecule has 2 nitrogen and oxygen atoms in total. The molecule has 121 valence electrons. The van der Waals surface area contributed by atoms with E-state index in [2.05, 4.69) is 20.3 Å². The topological polar surface area (TPSA) is 18.5 Å². The van der Waals surface area contributed by atoms with E-state index in [1.54, 1.807) is 0 Å². The van der Waals surface area contributed by atoms with E-state index in [0.29, 0.717) is 0 Å². The second-order valence-corrected chi connectivity index (χ2v) is 5.59. The number of ether oxygens (including phenoxy) is 2. The fourth-order valence-electron chi connectivity index (χ4n) is 2.13. The summed E-state index contributed by atoms with van der Waals surface area (Å²) in [6.45, 7) is 7.97. The Kier molecular flexibility index (Phi) is 18.8. The fourth-order valence-corrected chi connectivity index (χ4v) is 2.13. The van der Waals surface area contributed by atoms with Crippen LogP contribution in [0.3, 0.4) is 0 Å². The van der Waals surface area contributed by atoms with E-state index < -0.39 is 0 Å². The first-order chi connectivity index (χ1) is 9.91. The van der Waals surface area contributed by atoms with E-state index in [1.807, 2.05) is 0 Å². The molecule has 20 heavy (non-hydrogen) atoms. The summed E-state index contributed by atoms with van der Waals surface area (Å²) >= 11 is 0. The molecule has 0 amide bonds. The normalized spacial score (nSPS) is 11.1. The number of hydrogen-bond donors (Lipinski definition) is 0. The van der Waals surface area contributed by atoms with Crippen LogP contribution in [0.4, 0.5) is 0 Å². The van der Waals surface area contributed by atoms with Crippen LogP contribution in [0.25, 0.3) is 0 Å². The van der Waals surface area contributed by atoms with E-state index >= 15 is 0 Å². The van der Waals surface area contributed by atoms with E-state index in [0.717, 1.165) is 32.8 Å². The molecule has 0 atom stereocenters. The lowest BCUT2D eigenvalue weighted by molar-refractivity contribution is 0.118. The zero-order valence-electron chi connectivity index (χ0n) is 14.0. The predicted octanol–water partition coefficient (Wildman–Crippen LogP) is 5.55. The van der Waals surface area contributed by atoms with Gasteiger partial charge in [-0.15, -0.1) is 0 Å². The summed E-state index contributed by atoms with van der Waals surface area (Å²) in [6.07, 6.45) is 16.4. The molecule has 0 unspecified atom stereocenters. The summed E-state index contributed by atoms with van der Waals surface area (Å²) in [5.41, 5.74) is 0. The predicted molar refractivity (Wildman–Crippen MR) is 88.1 cm³/mol. The fraction of sp³-hybridized carbons (Fsp3) is 0.944. The number of rotatable bonds is 17. The van der Waals surface area contributed by atoms with Crippen molar-refractivity contribution in [3.05, 3.63) is 6.42 Å². The Morgan fingerprint density at radius 1 is 0.600 bits per heavy atom. The highest BCUT2D eigenvalue weighted by Crippen LogP contribution is 2.05.